The van der Waals surface area contributed by atoms with Crippen molar-refractivity contribution >= 4 is 29.2 Å². The van der Waals surface area contributed by atoms with E-state index in [1.165, 1.54) is 46.5 Å². The van der Waals surface area contributed by atoms with E-state index in [1.807, 2.05) is 0 Å². The quantitative estimate of drug-likeness (QED) is 0.549. The molecule has 0 fully saturated rings. The van der Waals surface area contributed by atoms with E-state index in [9.17, 15) is 14.4 Å². The zero-order valence-electron chi connectivity index (χ0n) is 16.6. The first-order chi connectivity index (χ1) is 13.9. The van der Waals surface area contributed by atoms with Crippen molar-refractivity contribution in [2.45, 2.75) is 6.92 Å². The first kappa shape index (κ1) is 21.5. The first-order valence-corrected chi connectivity index (χ1v) is 8.58. The molecule has 2 aromatic rings. The van der Waals surface area contributed by atoms with Gasteiger partial charge in [-0.05, 0) is 31.2 Å². The average molecular weight is 398 g/mol. The lowest BCUT2D eigenvalue weighted by Crippen LogP contribution is -2.16. The van der Waals surface area contributed by atoms with Crippen LogP contribution in [0.2, 0.25) is 0 Å². The van der Waals surface area contributed by atoms with Crippen molar-refractivity contribution in [3.63, 3.8) is 0 Å². The summed E-state index contributed by atoms with van der Waals surface area (Å²) in [6, 6.07) is 11.1. The number of esters is 1. The predicted molar refractivity (Wildman–Crippen MR) is 108 cm³/mol. The van der Waals surface area contributed by atoms with Crippen LogP contribution in [0.15, 0.2) is 54.1 Å². The fourth-order valence-corrected chi connectivity index (χ4v) is 2.36. The van der Waals surface area contributed by atoms with E-state index in [-0.39, 0.29) is 5.57 Å². The van der Waals surface area contributed by atoms with Crippen molar-refractivity contribution in [1.82, 2.24) is 0 Å². The third-order valence-corrected chi connectivity index (χ3v) is 3.89. The molecule has 0 aliphatic rings. The van der Waals surface area contributed by atoms with Gasteiger partial charge in [-0.3, -0.25) is 9.59 Å². The summed E-state index contributed by atoms with van der Waals surface area (Å²) in [6.45, 7) is 1.52. The lowest BCUT2D eigenvalue weighted by atomic mass is 10.2. The van der Waals surface area contributed by atoms with Crippen LogP contribution in [0.4, 0.5) is 11.4 Å². The molecule has 0 bridgehead atoms. The molecule has 0 aliphatic heterocycles. The largest absolute Gasteiger partial charge is 0.497 e. The highest BCUT2D eigenvalue weighted by Gasteiger charge is 2.10. The summed E-state index contributed by atoms with van der Waals surface area (Å²) >= 11 is 0. The van der Waals surface area contributed by atoms with Crippen LogP contribution in [-0.4, -0.2) is 39.1 Å². The fraction of sp³-hybridized carbons (Fsp3) is 0.190. The van der Waals surface area contributed by atoms with Crippen LogP contribution in [0, 0.1) is 0 Å². The molecular formula is C21H22N2O6. The molecule has 0 saturated heterocycles. The van der Waals surface area contributed by atoms with Gasteiger partial charge in [0.25, 0.3) is 5.91 Å². The number of carbonyl (C=O) groups excluding carboxylic acids is 3. The minimum absolute atomic E-state index is 0.203. The predicted octanol–water partition coefficient (Wildman–Crippen LogP) is 3.01. The summed E-state index contributed by atoms with van der Waals surface area (Å²) in [7, 11) is 4.30. The van der Waals surface area contributed by atoms with E-state index in [1.54, 1.807) is 30.3 Å². The maximum atomic E-state index is 12.3. The maximum absolute atomic E-state index is 12.3. The van der Waals surface area contributed by atoms with Crippen molar-refractivity contribution < 1.29 is 28.6 Å². The van der Waals surface area contributed by atoms with Gasteiger partial charge < -0.3 is 24.8 Å². The van der Waals surface area contributed by atoms with Crippen LogP contribution in [0.25, 0.3) is 0 Å². The molecule has 8 heteroatoms. The van der Waals surface area contributed by atoms with E-state index < -0.39 is 17.8 Å². The van der Waals surface area contributed by atoms with E-state index in [0.29, 0.717) is 28.4 Å². The Balaban J connectivity index is 2.03. The number of hydrogen-bond acceptors (Lipinski definition) is 6. The smallest absolute Gasteiger partial charge is 0.337 e. The monoisotopic (exact) mass is 398 g/mol. The van der Waals surface area contributed by atoms with Gasteiger partial charge in [-0.2, -0.15) is 0 Å². The topological polar surface area (TPSA) is 103 Å². The van der Waals surface area contributed by atoms with E-state index in [4.69, 9.17) is 9.47 Å². The molecular weight excluding hydrogens is 376 g/mol. The normalized spacial score (nSPS) is 10.7. The van der Waals surface area contributed by atoms with E-state index in [2.05, 4.69) is 15.4 Å². The first-order valence-electron chi connectivity index (χ1n) is 8.58. The highest BCUT2D eigenvalue weighted by molar-refractivity contribution is 6.10. The number of methoxy groups -OCH3 is 3. The van der Waals surface area contributed by atoms with Crippen molar-refractivity contribution in [3.8, 4) is 11.5 Å². The highest BCUT2D eigenvalue weighted by Crippen LogP contribution is 2.25. The van der Waals surface area contributed by atoms with Gasteiger partial charge in [0.05, 0.1) is 26.9 Å². The molecule has 2 rings (SSSR count). The Bertz CT molecular complexity index is 912. The van der Waals surface area contributed by atoms with Crippen LogP contribution in [0.1, 0.15) is 17.3 Å². The van der Waals surface area contributed by atoms with Gasteiger partial charge >= 0.3 is 5.97 Å². The summed E-state index contributed by atoms with van der Waals surface area (Å²) in [5.41, 5.74) is 1.52. The van der Waals surface area contributed by atoms with E-state index >= 15 is 0 Å². The summed E-state index contributed by atoms with van der Waals surface area (Å²) in [6.07, 6.45) is 1.18. The molecule has 0 spiro atoms. The van der Waals surface area contributed by atoms with Gasteiger partial charge in [0, 0.05) is 41.2 Å². The number of rotatable bonds is 7. The lowest BCUT2D eigenvalue weighted by molar-refractivity contribution is -0.114. The van der Waals surface area contributed by atoms with Crippen LogP contribution in [-0.2, 0) is 14.3 Å². The van der Waals surface area contributed by atoms with Crippen LogP contribution >= 0.6 is 0 Å². The lowest BCUT2D eigenvalue weighted by Gasteiger charge is -2.09. The van der Waals surface area contributed by atoms with Gasteiger partial charge in [-0.15, -0.1) is 0 Å². The zero-order chi connectivity index (χ0) is 21.4. The second-order valence-electron chi connectivity index (χ2n) is 5.94. The number of hydrogen-bond donors (Lipinski definition) is 2. The second kappa shape index (κ2) is 9.93. The van der Waals surface area contributed by atoms with Crippen molar-refractivity contribution in [2.75, 3.05) is 32.0 Å². The Morgan fingerprint density at radius 2 is 1.41 bits per heavy atom. The molecule has 0 atom stereocenters. The Morgan fingerprint density at radius 3 is 1.93 bits per heavy atom. The summed E-state index contributed by atoms with van der Waals surface area (Å²) in [5.74, 6) is -0.352. The fourth-order valence-electron chi connectivity index (χ4n) is 2.36. The van der Waals surface area contributed by atoms with Crippen LogP contribution in [0.5, 0.6) is 11.5 Å². The maximum Gasteiger partial charge on any atom is 0.337 e. The van der Waals surface area contributed by atoms with Crippen LogP contribution < -0.4 is 20.1 Å². The second-order valence-corrected chi connectivity index (χ2v) is 5.94. The molecule has 2 N–H and O–H groups in total. The van der Waals surface area contributed by atoms with Gasteiger partial charge in [0.1, 0.15) is 11.5 Å². The van der Waals surface area contributed by atoms with Gasteiger partial charge in [0.15, 0.2) is 0 Å². The average Bonchev–Trinajstić information content (AvgIpc) is 2.73. The standard InChI is InChI=1S/C21H22N2O6/c1-13(20(25)23-15-7-5-14(6-8-15)21(26)29-4)9-19(24)22-16-10-17(27-2)12-18(11-16)28-3/h5-12H,1-4H3,(H,22,24)(H,23,25)/b13-9+. The van der Waals surface area contributed by atoms with Crippen molar-refractivity contribution in [1.29, 1.82) is 0 Å². The Labute approximate surface area is 168 Å². The zero-order valence-corrected chi connectivity index (χ0v) is 16.6. The Hall–Kier alpha value is -3.81. The number of benzene rings is 2. The van der Waals surface area contributed by atoms with Crippen LogP contribution in [0.3, 0.4) is 0 Å². The number of anilines is 2. The molecule has 2 aromatic carbocycles. The molecule has 29 heavy (non-hydrogen) atoms. The van der Waals surface area contributed by atoms with Gasteiger partial charge in [-0.1, -0.05) is 0 Å². The summed E-state index contributed by atoms with van der Waals surface area (Å²) in [4.78, 5) is 35.9. The Kier molecular flexibility index (Phi) is 7.36. The molecule has 0 unspecified atom stereocenters. The SMILES string of the molecule is COC(=O)c1ccc(NC(=O)/C(C)=C/C(=O)Nc2cc(OC)cc(OC)c2)cc1. The molecule has 8 nitrogen and oxygen atoms in total. The highest BCUT2D eigenvalue weighted by atomic mass is 16.5. The number of carbonyl (C=O) groups is 3. The summed E-state index contributed by atoms with van der Waals surface area (Å²) in [5, 5.41) is 5.31. The molecule has 0 aliphatic carbocycles. The van der Waals surface area contributed by atoms with Crippen molar-refractivity contribution in [3.05, 3.63) is 59.7 Å². The number of ether oxygens (including phenoxy) is 3. The van der Waals surface area contributed by atoms with Crippen molar-refractivity contribution in [2.24, 2.45) is 0 Å². The van der Waals surface area contributed by atoms with E-state index in [0.717, 1.165) is 0 Å². The molecule has 0 aromatic heterocycles. The third-order valence-electron chi connectivity index (χ3n) is 3.89. The molecule has 0 heterocycles. The molecule has 0 radical (unpaired) electrons. The summed E-state index contributed by atoms with van der Waals surface area (Å²) < 4.78 is 14.9. The molecule has 0 saturated carbocycles. The minimum atomic E-state index is -0.478. The third kappa shape index (κ3) is 6.10. The minimum Gasteiger partial charge on any atom is -0.497 e. The van der Waals surface area contributed by atoms with Gasteiger partial charge in [0.2, 0.25) is 5.91 Å². The Morgan fingerprint density at radius 1 is 0.828 bits per heavy atom. The number of nitrogens with one attached hydrogen (secondary N) is 2. The van der Waals surface area contributed by atoms with Gasteiger partial charge in [-0.25, -0.2) is 4.79 Å². The molecule has 2 amide bonds. The number of amides is 2. The molecule has 152 valence electrons.